The molecule has 1 atom stereocenters. The summed E-state index contributed by atoms with van der Waals surface area (Å²) < 4.78 is 0. The van der Waals surface area contributed by atoms with E-state index in [-0.39, 0.29) is 17.9 Å². The van der Waals surface area contributed by atoms with Crippen molar-refractivity contribution in [2.24, 2.45) is 0 Å². The van der Waals surface area contributed by atoms with Crippen LogP contribution in [0, 0.1) is 17.0 Å². The summed E-state index contributed by atoms with van der Waals surface area (Å²) in [4.78, 5) is 26.3. The summed E-state index contributed by atoms with van der Waals surface area (Å²) in [5.74, 6) is -0.420. The molecule has 1 rings (SSSR count). The van der Waals surface area contributed by atoms with Gasteiger partial charge in [0.15, 0.2) is 0 Å². The summed E-state index contributed by atoms with van der Waals surface area (Å²) in [6.07, 6.45) is 2.18. The van der Waals surface area contributed by atoms with Crippen molar-refractivity contribution in [3.63, 3.8) is 0 Å². The Hall–Kier alpha value is -2.02. The number of hydrogen-bond acceptors (Lipinski definition) is 5. The van der Waals surface area contributed by atoms with Crippen molar-refractivity contribution in [3.8, 4) is 0 Å². The predicted molar refractivity (Wildman–Crippen MR) is 73.5 cm³/mol. The van der Waals surface area contributed by atoms with Crippen LogP contribution >= 0.6 is 0 Å². The molecule has 2 N–H and O–H groups in total. The number of nitrogens with one attached hydrogen (secondary N) is 1. The molecule has 0 fully saturated rings. The van der Waals surface area contributed by atoms with Gasteiger partial charge in [0, 0.05) is 18.2 Å². The Labute approximate surface area is 117 Å². The van der Waals surface area contributed by atoms with Crippen molar-refractivity contribution < 1.29 is 14.8 Å². The normalized spacial score (nSPS) is 13.6. The van der Waals surface area contributed by atoms with Gasteiger partial charge in [-0.3, -0.25) is 19.9 Å². The van der Waals surface area contributed by atoms with E-state index in [1.54, 1.807) is 6.92 Å². The van der Waals surface area contributed by atoms with Crippen LogP contribution in [0.15, 0.2) is 12.3 Å². The average Bonchev–Trinajstić information content (AvgIpc) is 2.39. The van der Waals surface area contributed by atoms with Gasteiger partial charge in [0.25, 0.3) is 11.6 Å². The summed E-state index contributed by atoms with van der Waals surface area (Å²) in [7, 11) is 0. The Balaban J connectivity index is 3.02. The van der Waals surface area contributed by atoms with Gasteiger partial charge in [0.05, 0.1) is 16.2 Å². The second-order valence-electron chi connectivity index (χ2n) is 4.93. The van der Waals surface area contributed by atoms with Gasteiger partial charge in [-0.1, -0.05) is 6.92 Å². The zero-order valence-corrected chi connectivity index (χ0v) is 11.8. The first kappa shape index (κ1) is 16.0. The number of carbonyl (C=O) groups is 1. The lowest BCUT2D eigenvalue weighted by atomic mass is 9.94. The van der Waals surface area contributed by atoms with Crippen LogP contribution < -0.4 is 5.32 Å². The standard InChI is InChI=1S/C13H19N3O4/c1-4-13(3,5-6-17)15-12(18)11-7-10(16(19)20)8-14-9(11)2/h7-8,17H,4-6H2,1-3H3,(H,15,18). The summed E-state index contributed by atoms with van der Waals surface area (Å²) in [6, 6.07) is 1.21. The zero-order chi connectivity index (χ0) is 15.3. The molecule has 7 nitrogen and oxygen atoms in total. The lowest BCUT2D eigenvalue weighted by molar-refractivity contribution is -0.385. The highest BCUT2D eigenvalue weighted by atomic mass is 16.6. The van der Waals surface area contributed by atoms with E-state index in [1.807, 2.05) is 13.8 Å². The molecule has 0 aliphatic carbocycles. The molecule has 1 unspecified atom stereocenters. The SMILES string of the molecule is CCC(C)(CCO)NC(=O)c1cc([N+](=O)[O-])cnc1C. The molecule has 0 aromatic carbocycles. The molecule has 1 amide bonds. The molecule has 0 saturated heterocycles. The Bertz CT molecular complexity index is 518. The monoisotopic (exact) mass is 281 g/mol. The Morgan fingerprint density at radius 1 is 1.60 bits per heavy atom. The number of aryl methyl sites for hydroxylation is 1. The van der Waals surface area contributed by atoms with Gasteiger partial charge in [-0.25, -0.2) is 0 Å². The van der Waals surface area contributed by atoms with Gasteiger partial charge < -0.3 is 10.4 Å². The minimum absolute atomic E-state index is 0.0449. The number of pyridine rings is 1. The van der Waals surface area contributed by atoms with E-state index in [0.29, 0.717) is 18.5 Å². The number of amides is 1. The molecule has 0 saturated carbocycles. The van der Waals surface area contributed by atoms with E-state index < -0.39 is 16.4 Å². The molecule has 0 aliphatic rings. The molecule has 0 radical (unpaired) electrons. The maximum absolute atomic E-state index is 12.2. The lowest BCUT2D eigenvalue weighted by Crippen LogP contribution is -2.46. The largest absolute Gasteiger partial charge is 0.396 e. The average molecular weight is 281 g/mol. The number of nitro groups is 1. The number of aliphatic hydroxyl groups excluding tert-OH is 1. The van der Waals surface area contributed by atoms with Crippen molar-refractivity contribution in [2.75, 3.05) is 6.61 Å². The third-order valence-corrected chi connectivity index (χ3v) is 3.39. The fraction of sp³-hybridized carbons (Fsp3) is 0.538. The second kappa shape index (κ2) is 6.42. The second-order valence-corrected chi connectivity index (χ2v) is 4.93. The minimum Gasteiger partial charge on any atom is -0.396 e. The molecular weight excluding hydrogens is 262 g/mol. The van der Waals surface area contributed by atoms with Gasteiger partial charge in [0.2, 0.25) is 0 Å². The third kappa shape index (κ3) is 3.74. The van der Waals surface area contributed by atoms with Gasteiger partial charge >= 0.3 is 0 Å². The molecule has 110 valence electrons. The number of rotatable bonds is 6. The van der Waals surface area contributed by atoms with Crippen LogP contribution in [0.5, 0.6) is 0 Å². The van der Waals surface area contributed by atoms with E-state index in [0.717, 1.165) is 6.20 Å². The molecule has 1 heterocycles. The first-order valence-electron chi connectivity index (χ1n) is 6.37. The van der Waals surface area contributed by atoms with Crippen molar-refractivity contribution in [2.45, 2.75) is 39.2 Å². The van der Waals surface area contributed by atoms with Gasteiger partial charge in [-0.15, -0.1) is 0 Å². The fourth-order valence-corrected chi connectivity index (χ4v) is 1.77. The van der Waals surface area contributed by atoms with Crippen LogP contribution in [0.4, 0.5) is 5.69 Å². The first-order chi connectivity index (χ1) is 9.33. The van der Waals surface area contributed by atoms with E-state index >= 15 is 0 Å². The Morgan fingerprint density at radius 3 is 2.75 bits per heavy atom. The lowest BCUT2D eigenvalue weighted by Gasteiger charge is -2.29. The molecular formula is C13H19N3O4. The van der Waals surface area contributed by atoms with Crippen molar-refractivity contribution in [1.82, 2.24) is 10.3 Å². The van der Waals surface area contributed by atoms with Crippen molar-refractivity contribution in [3.05, 3.63) is 33.6 Å². The van der Waals surface area contributed by atoms with Gasteiger partial charge in [0.1, 0.15) is 6.20 Å². The van der Waals surface area contributed by atoms with Gasteiger partial charge in [-0.2, -0.15) is 0 Å². The highest BCUT2D eigenvalue weighted by Gasteiger charge is 2.26. The van der Waals surface area contributed by atoms with Gasteiger partial charge in [-0.05, 0) is 26.7 Å². The minimum atomic E-state index is -0.587. The third-order valence-electron chi connectivity index (χ3n) is 3.39. The van der Waals surface area contributed by atoms with E-state index in [9.17, 15) is 14.9 Å². The van der Waals surface area contributed by atoms with E-state index in [1.165, 1.54) is 6.07 Å². The maximum atomic E-state index is 12.2. The predicted octanol–water partition coefficient (Wildman–Crippen LogP) is 1.58. The molecule has 20 heavy (non-hydrogen) atoms. The van der Waals surface area contributed by atoms with Crippen LogP contribution in [0.25, 0.3) is 0 Å². The number of aliphatic hydroxyl groups is 1. The quantitative estimate of drug-likeness (QED) is 0.608. The smallest absolute Gasteiger partial charge is 0.288 e. The van der Waals surface area contributed by atoms with E-state index in [2.05, 4.69) is 10.3 Å². The Morgan fingerprint density at radius 2 is 2.25 bits per heavy atom. The number of carbonyl (C=O) groups excluding carboxylic acids is 1. The Kier molecular flexibility index (Phi) is 5.15. The summed E-state index contributed by atoms with van der Waals surface area (Å²) >= 11 is 0. The molecule has 0 aliphatic heterocycles. The topological polar surface area (TPSA) is 105 Å². The van der Waals surface area contributed by atoms with Crippen LogP contribution in [-0.4, -0.2) is 33.1 Å². The highest BCUT2D eigenvalue weighted by molar-refractivity contribution is 5.96. The van der Waals surface area contributed by atoms with Crippen LogP contribution in [-0.2, 0) is 0 Å². The van der Waals surface area contributed by atoms with Crippen LogP contribution in [0.2, 0.25) is 0 Å². The molecule has 7 heteroatoms. The number of nitrogens with zero attached hydrogens (tertiary/aromatic N) is 2. The summed E-state index contributed by atoms with van der Waals surface area (Å²) in [6.45, 7) is 5.29. The fourth-order valence-electron chi connectivity index (χ4n) is 1.77. The molecule has 0 bridgehead atoms. The number of aromatic nitrogens is 1. The summed E-state index contributed by atoms with van der Waals surface area (Å²) in [5.41, 5.74) is -0.170. The molecule has 0 spiro atoms. The van der Waals surface area contributed by atoms with Crippen molar-refractivity contribution in [1.29, 1.82) is 0 Å². The molecule has 1 aromatic rings. The highest BCUT2D eigenvalue weighted by Crippen LogP contribution is 2.18. The zero-order valence-electron chi connectivity index (χ0n) is 11.8. The van der Waals surface area contributed by atoms with Crippen molar-refractivity contribution >= 4 is 11.6 Å². The first-order valence-corrected chi connectivity index (χ1v) is 6.37. The van der Waals surface area contributed by atoms with E-state index in [4.69, 9.17) is 5.11 Å². The summed E-state index contributed by atoms with van der Waals surface area (Å²) in [5, 5.41) is 22.6. The van der Waals surface area contributed by atoms with Crippen LogP contribution in [0.3, 0.4) is 0 Å². The number of hydrogen-bond donors (Lipinski definition) is 2. The maximum Gasteiger partial charge on any atom is 0.288 e. The molecule has 1 aromatic heterocycles. The van der Waals surface area contributed by atoms with Crippen LogP contribution in [0.1, 0.15) is 42.7 Å².